The summed E-state index contributed by atoms with van der Waals surface area (Å²) in [4.78, 5) is 37.9. The number of hydrogen-bond donors (Lipinski definition) is 0. The van der Waals surface area contributed by atoms with Gasteiger partial charge in [0.05, 0.1) is 27.7 Å². The van der Waals surface area contributed by atoms with E-state index >= 15 is 0 Å². The number of likely N-dealkylation sites (N-methyl/N-ethyl adjacent to an activating group) is 1. The minimum atomic E-state index is -4.64. The molecule has 0 saturated carbocycles. The van der Waals surface area contributed by atoms with Gasteiger partial charge in [-0.15, -0.1) is 0 Å². The molecule has 0 aromatic carbocycles. The number of nitrogens with zero attached hydrogens (tertiary/aromatic N) is 1. The highest BCUT2D eigenvalue weighted by Gasteiger charge is 2.22. The van der Waals surface area contributed by atoms with Gasteiger partial charge in [-0.05, 0) is 89.9 Å². The third-order valence-corrected chi connectivity index (χ3v) is 15.6. The van der Waals surface area contributed by atoms with E-state index in [0.29, 0.717) is 17.4 Å². The molecule has 0 aromatic heterocycles. The Balaban J connectivity index is 3.91. The van der Waals surface area contributed by atoms with Crippen molar-refractivity contribution in [2.75, 3.05) is 47.5 Å². The van der Waals surface area contributed by atoms with Crippen molar-refractivity contribution >= 4 is 19.8 Å². The first-order chi connectivity index (χ1) is 40.0. The van der Waals surface area contributed by atoms with E-state index in [1.807, 2.05) is 21.1 Å². The normalized spacial score (nSPS) is 13.8. The molecule has 0 rings (SSSR count). The van der Waals surface area contributed by atoms with Crippen LogP contribution in [0.3, 0.4) is 0 Å². The highest BCUT2D eigenvalue weighted by Crippen LogP contribution is 2.38. The zero-order chi connectivity index (χ0) is 59.8. The summed E-state index contributed by atoms with van der Waals surface area (Å²) in [6.07, 6.45) is 86.5. The number of quaternary nitrogens is 1. The molecule has 0 fully saturated rings. The monoisotopic (exact) mass is 1170 g/mol. The summed E-state index contributed by atoms with van der Waals surface area (Å²) >= 11 is 0. The van der Waals surface area contributed by atoms with Crippen molar-refractivity contribution in [1.82, 2.24) is 0 Å². The van der Waals surface area contributed by atoms with Crippen LogP contribution in [0.5, 0.6) is 0 Å². The summed E-state index contributed by atoms with van der Waals surface area (Å²) in [5, 5.41) is 0. The van der Waals surface area contributed by atoms with Crippen molar-refractivity contribution in [3.8, 4) is 0 Å². The molecule has 2 unspecified atom stereocenters. The van der Waals surface area contributed by atoms with E-state index in [4.69, 9.17) is 18.5 Å². The van der Waals surface area contributed by atoms with Crippen molar-refractivity contribution < 1.29 is 42.1 Å². The Morgan fingerprint density at radius 1 is 0.378 bits per heavy atom. The average molecular weight is 1170 g/mol. The van der Waals surface area contributed by atoms with Gasteiger partial charge in [0, 0.05) is 12.8 Å². The number of carbonyl (C=O) groups is 2. The number of allylic oxidation sites excluding steroid dienone is 16. The molecule has 82 heavy (non-hydrogen) atoms. The van der Waals surface area contributed by atoms with Gasteiger partial charge in [-0.3, -0.25) is 14.2 Å². The third kappa shape index (κ3) is 66.1. The fourth-order valence-corrected chi connectivity index (χ4v) is 10.2. The summed E-state index contributed by atoms with van der Waals surface area (Å²) in [5.41, 5.74) is 0. The van der Waals surface area contributed by atoms with Crippen LogP contribution >= 0.6 is 7.82 Å². The van der Waals surface area contributed by atoms with E-state index < -0.39 is 32.5 Å². The topological polar surface area (TPSA) is 111 Å². The molecule has 0 spiro atoms. The Morgan fingerprint density at radius 3 is 0.976 bits per heavy atom. The first-order valence-electron chi connectivity index (χ1n) is 33.9. The zero-order valence-corrected chi connectivity index (χ0v) is 54.8. The molecule has 9 nitrogen and oxygen atoms in total. The lowest BCUT2D eigenvalue weighted by atomic mass is 10.0. The van der Waals surface area contributed by atoms with Crippen LogP contribution in [0.15, 0.2) is 97.2 Å². The molecule has 0 aliphatic heterocycles. The van der Waals surface area contributed by atoms with Crippen LogP contribution in [0.4, 0.5) is 0 Å². The van der Waals surface area contributed by atoms with Crippen molar-refractivity contribution in [3.63, 3.8) is 0 Å². The highest BCUT2D eigenvalue weighted by molar-refractivity contribution is 7.45. The van der Waals surface area contributed by atoms with E-state index in [0.717, 1.165) is 103 Å². The molecule has 474 valence electrons. The Labute approximate surface area is 506 Å². The largest absolute Gasteiger partial charge is 0.756 e. The van der Waals surface area contributed by atoms with Gasteiger partial charge in [0.15, 0.2) is 6.10 Å². The maximum Gasteiger partial charge on any atom is 0.306 e. The van der Waals surface area contributed by atoms with Crippen LogP contribution in [0.25, 0.3) is 0 Å². The van der Waals surface area contributed by atoms with Crippen molar-refractivity contribution in [2.24, 2.45) is 0 Å². The van der Waals surface area contributed by atoms with Crippen molar-refractivity contribution in [3.05, 3.63) is 97.2 Å². The summed E-state index contributed by atoms with van der Waals surface area (Å²) < 4.78 is 34.2. The Bertz CT molecular complexity index is 1710. The Hall–Kier alpha value is -3.07. The number of carbonyl (C=O) groups excluding carboxylic acids is 2. The second kappa shape index (κ2) is 62.5. The first kappa shape index (κ1) is 78.9. The molecular formula is C72H128NO8P. The maximum atomic E-state index is 12.8. The second-order valence-corrected chi connectivity index (χ2v) is 25.2. The lowest BCUT2D eigenvalue weighted by Gasteiger charge is -2.28. The molecular weight excluding hydrogens is 1040 g/mol. The van der Waals surface area contributed by atoms with Crippen molar-refractivity contribution in [1.29, 1.82) is 0 Å². The third-order valence-electron chi connectivity index (χ3n) is 14.6. The van der Waals surface area contributed by atoms with E-state index in [1.165, 1.54) is 161 Å². The number of phosphoric ester groups is 1. The van der Waals surface area contributed by atoms with Crippen LogP contribution in [0.1, 0.15) is 296 Å². The number of hydrogen-bond acceptors (Lipinski definition) is 8. The average Bonchev–Trinajstić information content (AvgIpc) is 3.45. The zero-order valence-electron chi connectivity index (χ0n) is 53.9. The lowest BCUT2D eigenvalue weighted by Crippen LogP contribution is -2.37. The maximum absolute atomic E-state index is 12.8. The van der Waals surface area contributed by atoms with Crippen LogP contribution in [0, 0.1) is 0 Å². The van der Waals surface area contributed by atoms with E-state index in [1.54, 1.807) is 0 Å². The molecule has 0 N–H and O–H groups in total. The molecule has 0 aliphatic carbocycles. The van der Waals surface area contributed by atoms with Crippen LogP contribution in [-0.2, 0) is 32.7 Å². The SMILES string of the molecule is CC/C=C\C/C=C\C/C=C\C/C=C\C/C=C\CCCCCCCCCCCCCCCCCCCCCCCCCCCC(=O)OC(COC(=O)CCCCCCCCC/C=C\C/C=C\C/C=C\CC)COP(=O)([O-])OCC[N+](C)(C)C. The van der Waals surface area contributed by atoms with Gasteiger partial charge in [0.2, 0.25) is 0 Å². The molecule has 0 radical (unpaired) electrons. The molecule has 0 aliphatic rings. The van der Waals surface area contributed by atoms with Gasteiger partial charge in [-0.1, -0.05) is 291 Å². The van der Waals surface area contributed by atoms with Crippen LogP contribution in [-0.4, -0.2) is 70.0 Å². The minimum Gasteiger partial charge on any atom is -0.756 e. The molecule has 0 heterocycles. The lowest BCUT2D eigenvalue weighted by molar-refractivity contribution is -0.870. The van der Waals surface area contributed by atoms with Gasteiger partial charge in [0.1, 0.15) is 19.8 Å². The molecule has 0 saturated heterocycles. The standard InChI is InChI=1S/C72H128NO8P/c1-6-8-10-12-14-16-18-20-22-24-25-26-27-28-29-30-31-32-33-34-35-36-37-38-39-40-41-42-43-44-45-46-47-49-51-53-55-57-59-61-63-65-72(75)81-70(69-80-82(76,77)79-67-66-73(3,4)5)68-78-71(74)64-62-60-58-56-54-52-50-48-23-21-19-17-15-13-11-9-7-2/h8-11,14-17,20-23,25-26,28-29,70H,6-7,12-13,18-19,24,27,30-69H2,1-5H3/b10-8-,11-9-,16-14-,17-15-,22-20-,23-21-,26-25-,29-28-. The van der Waals surface area contributed by atoms with Crippen molar-refractivity contribution in [2.45, 2.75) is 302 Å². The van der Waals surface area contributed by atoms with Gasteiger partial charge in [-0.2, -0.15) is 0 Å². The summed E-state index contributed by atoms with van der Waals surface area (Å²) in [6, 6.07) is 0. The molecule has 0 amide bonds. The van der Waals surface area contributed by atoms with Gasteiger partial charge < -0.3 is 27.9 Å². The van der Waals surface area contributed by atoms with Crippen LogP contribution < -0.4 is 4.89 Å². The van der Waals surface area contributed by atoms with E-state index in [9.17, 15) is 19.0 Å². The quantitative estimate of drug-likeness (QED) is 0.0195. The van der Waals surface area contributed by atoms with Gasteiger partial charge in [0.25, 0.3) is 7.82 Å². The van der Waals surface area contributed by atoms with E-state index in [-0.39, 0.29) is 26.1 Å². The fourth-order valence-electron chi connectivity index (χ4n) is 9.47. The molecule has 0 aromatic rings. The number of unbranched alkanes of at least 4 members (excludes halogenated alkanes) is 32. The van der Waals surface area contributed by atoms with Gasteiger partial charge >= 0.3 is 11.9 Å². The molecule has 10 heteroatoms. The summed E-state index contributed by atoms with van der Waals surface area (Å²) in [7, 11) is 1.16. The molecule has 0 bridgehead atoms. The van der Waals surface area contributed by atoms with E-state index in [2.05, 4.69) is 111 Å². The predicted octanol–water partition coefficient (Wildman–Crippen LogP) is 21.3. The first-order valence-corrected chi connectivity index (χ1v) is 35.4. The summed E-state index contributed by atoms with van der Waals surface area (Å²) in [5.74, 6) is -0.837. The van der Waals surface area contributed by atoms with Crippen LogP contribution in [0.2, 0.25) is 0 Å². The second-order valence-electron chi connectivity index (χ2n) is 23.8. The number of esters is 2. The molecule has 2 atom stereocenters. The Morgan fingerprint density at radius 2 is 0.659 bits per heavy atom. The van der Waals surface area contributed by atoms with Gasteiger partial charge in [-0.25, -0.2) is 0 Å². The fraction of sp³-hybridized carbons (Fsp3) is 0.750. The smallest absolute Gasteiger partial charge is 0.306 e. The summed E-state index contributed by atoms with van der Waals surface area (Å²) in [6.45, 7) is 4.03. The predicted molar refractivity (Wildman–Crippen MR) is 351 cm³/mol. The highest BCUT2D eigenvalue weighted by atomic mass is 31.2. The number of rotatable bonds is 62. The number of ether oxygens (including phenoxy) is 2. The Kier molecular flexibility index (Phi) is 60.1. The number of phosphoric acid groups is 1. The minimum absolute atomic E-state index is 0.0339.